The number of halogens is 1. The molecule has 0 saturated heterocycles. The predicted octanol–water partition coefficient (Wildman–Crippen LogP) is 1.15. The van der Waals surface area contributed by atoms with Crippen molar-refractivity contribution < 1.29 is 19.2 Å². The van der Waals surface area contributed by atoms with E-state index in [1.807, 2.05) is 6.08 Å². The monoisotopic (exact) mass is 260 g/mol. The Bertz CT molecular complexity index is 354. The van der Waals surface area contributed by atoms with E-state index in [0.717, 1.165) is 5.57 Å². The summed E-state index contributed by atoms with van der Waals surface area (Å²) >= 11 is 5.07. The molecule has 0 fully saturated rings. The van der Waals surface area contributed by atoms with Crippen LogP contribution in [0, 0.1) is 0 Å². The van der Waals surface area contributed by atoms with Crippen LogP contribution in [0.5, 0.6) is 0 Å². The molecule has 0 aromatic rings. The Labute approximate surface area is 104 Å². The quantitative estimate of drug-likeness (QED) is 0.432. The number of nitrogens with zero attached hydrogens (tertiary/aromatic N) is 2. The van der Waals surface area contributed by atoms with Crippen LogP contribution in [0.2, 0.25) is 0 Å². The van der Waals surface area contributed by atoms with Crippen LogP contribution in [0.15, 0.2) is 16.8 Å². The maximum Gasteiger partial charge on any atom is 0.410 e. The molecule has 0 radical (unpaired) electrons. The highest BCUT2D eigenvalue weighted by Crippen LogP contribution is 2.09. The SMILES string of the molecule is CO/N=C/C1=CCCN(C(=O)OCC(=O)Cl)C1. The Kier molecular flexibility index (Phi) is 5.48. The van der Waals surface area contributed by atoms with Crippen LogP contribution in [-0.4, -0.2) is 49.3 Å². The lowest BCUT2D eigenvalue weighted by Gasteiger charge is -2.24. The van der Waals surface area contributed by atoms with Crippen molar-refractivity contribution >= 4 is 29.2 Å². The van der Waals surface area contributed by atoms with Crippen LogP contribution < -0.4 is 0 Å². The van der Waals surface area contributed by atoms with Gasteiger partial charge in [0.05, 0.1) is 12.8 Å². The molecule has 1 rings (SSSR count). The predicted molar refractivity (Wildman–Crippen MR) is 62.0 cm³/mol. The first-order valence-electron chi connectivity index (χ1n) is 4.99. The smallest absolute Gasteiger partial charge is 0.410 e. The molecule has 7 heteroatoms. The minimum Gasteiger partial charge on any atom is -0.440 e. The number of amides is 1. The van der Waals surface area contributed by atoms with Gasteiger partial charge in [-0.05, 0) is 23.6 Å². The Morgan fingerprint density at radius 1 is 1.65 bits per heavy atom. The molecule has 0 atom stereocenters. The molecule has 1 aliphatic rings. The Balaban J connectivity index is 2.46. The molecule has 0 aromatic carbocycles. The van der Waals surface area contributed by atoms with Crippen LogP contribution >= 0.6 is 11.6 Å². The van der Waals surface area contributed by atoms with E-state index in [1.54, 1.807) is 0 Å². The van der Waals surface area contributed by atoms with Gasteiger partial charge in [0, 0.05) is 6.54 Å². The summed E-state index contributed by atoms with van der Waals surface area (Å²) < 4.78 is 4.70. The standard InChI is InChI=1S/C10H13ClN2O4/c1-16-12-5-8-3-2-4-13(6-8)10(15)17-7-9(11)14/h3,5H,2,4,6-7H2,1H3/b12-5+. The van der Waals surface area contributed by atoms with Crippen LogP contribution in [0.4, 0.5) is 4.79 Å². The van der Waals surface area contributed by atoms with E-state index in [4.69, 9.17) is 16.3 Å². The molecule has 0 spiro atoms. The minimum atomic E-state index is -0.702. The first-order chi connectivity index (χ1) is 8.13. The lowest BCUT2D eigenvalue weighted by atomic mass is 10.1. The molecule has 94 valence electrons. The third-order valence-electron chi connectivity index (χ3n) is 2.07. The fraction of sp³-hybridized carbons (Fsp3) is 0.500. The summed E-state index contributed by atoms with van der Waals surface area (Å²) in [5.41, 5.74) is 0.854. The zero-order valence-electron chi connectivity index (χ0n) is 9.39. The average molecular weight is 261 g/mol. The fourth-order valence-corrected chi connectivity index (χ4v) is 1.40. The average Bonchev–Trinajstić information content (AvgIpc) is 2.33. The lowest BCUT2D eigenvalue weighted by Crippen LogP contribution is -2.37. The zero-order chi connectivity index (χ0) is 12.7. The summed E-state index contributed by atoms with van der Waals surface area (Å²) in [6, 6.07) is 0. The van der Waals surface area contributed by atoms with Gasteiger partial charge in [-0.15, -0.1) is 0 Å². The van der Waals surface area contributed by atoms with E-state index < -0.39 is 17.9 Å². The van der Waals surface area contributed by atoms with E-state index >= 15 is 0 Å². The van der Waals surface area contributed by atoms with E-state index in [2.05, 4.69) is 9.99 Å². The topological polar surface area (TPSA) is 68.2 Å². The van der Waals surface area contributed by atoms with Crippen molar-refractivity contribution in [3.05, 3.63) is 11.6 Å². The van der Waals surface area contributed by atoms with Crippen molar-refractivity contribution in [1.29, 1.82) is 0 Å². The first kappa shape index (κ1) is 13.5. The maximum atomic E-state index is 11.5. The first-order valence-corrected chi connectivity index (χ1v) is 5.37. The highest BCUT2D eigenvalue weighted by Gasteiger charge is 2.19. The number of hydrogen-bond acceptors (Lipinski definition) is 5. The Morgan fingerprint density at radius 3 is 3.06 bits per heavy atom. The van der Waals surface area contributed by atoms with E-state index in [1.165, 1.54) is 18.2 Å². The van der Waals surface area contributed by atoms with Gasteiger partial charge in [0.2, 0.25) is 0 Å². The summed E-state index contributed by atoms with van der Waals surface area (Å²) in [5.74, 6) is 0. The van der Waals surface area contributed by atoms with Gasteiger partial charge in [-0.25, -0.2) is 4.79 Å². The lowest BCUT2D eigenvalue weighted by molar-refractivity contribution is -0.114. The van der Waals surface area contributed by atoms with Crippen LogP contribution in [0.1, 0.15) is 6.42 Å². The van der Waals surface area contributed by atoms with Crippen molar-refractivity contribution in [3.63, 3.8) is 0 Å². The maximum absolute atomic E-state index is 11.5. The van der Waals surface area contributed by atoms with Crippen molar-refractivity contribution in [3.8, 4) is 0 Å². The van der Waals surface area contributed by atoms with Gasteiger partial charge in [0.25, 0.3) is 5.24 Å². The van der Waals surface area contributed by atoms with Gasteiger partial charge in [-0.3, -0.25) is 4.79 Å². The molecule has 0 N–H and O–H groups in total. The van der Waals surface area contributed by atoms with Crippen molar-refractivity contribution in [2.45, 2.75) is 6.42 Å². The molecule has 17 heavy (non-hydrogen) atoms. The molecule has 1 amide bonds. The third-order valence-corrected chi connectivity index (χ3v) is 2.18. The second-order valence-electron chi connectivity index (χ2n) is 3.32. The Hall–Kier alpha value is -1.56. The molecular formula is C10H13ClN2O4. The molecule has 1 heterocycles. The van der Waals surface area contributed by atoms with Crippen molar-refractivity contribution in [2.24, 2.45) is 5.16 Å². The van der Waals surface area contributed by atoms with Crippen LogP contribution in [-0.2, 0) is 14.4 Å². The van der Waals surface area contributed by atoms with Crippen molar-refractivity contribution in [2.75, 3.05) is 26.8 Å². The minimum absolute atomic E-state index is 0.377. The molecule has 0 saturated carbocycles. The molecular weight excluding hydrogens is 248 g/mol. The highest BCUT2D eigenvalue weighted by molar-refractivity contribution is 6.64. The highest BCUT2D eigenvalue weighted by atomic mass is 35.5. The number of carbonyl (C=O) groups excluding carboxylic acids is 2. The number of hydrogen-bond donors (Lipinski definition) is 0. The molecule has 6 nitrogen and oxygen atoms in total. The molecule has 0 aliphatic carbocycles. The van der Waals surface area contributed by atoms with Gasteiger partial charge >= 0.3 is 6.09 Å². The third kappa shape index (κ3) is 4.86. The second kappa shape index (κ2) is 6.90. The molecule has 1 aliphatic heterocycles. The van der Waals surface area contributed by atoms with Gasteiger partial charge < -0.3 is 14.5 Å². The van der Waals surface area contributed by atoms with Gasteiger partial charge in [-0.2, -0.15) is 0 Å². The molecule has 0 unspecified atom stereocenters. The summed E-state index contributed by atoms with van der Waals surface area (Å²) in [6.45, 7) is 0.504. The van der Waals surface area contributed by atoms with E-state index in [-0.39, 0.29) is 0 Å². The number of ether oxygens (including phenoxy) is 1. The summed E-state index contributed by atoms with van der Waals surface area (Å²) in [4.78, 5) is 28.0. The number of carbonyl (C=O) groups is 2. The Morgan fingerprint density at radius 2 is 2.41 bits per heavy atom. The number of rotatable bonds is 4. The van der Waals surface area contributed by atoms with Crippen LogP contribution in [0.3, 0.4) is 0 Å². The number of oxime groups is 1. The summed E-state index contributed by atoms with van der Waals surface area (Å²) in [7, 11) is 1.44. The van der Waals surface area contributed by atoms with E-state index in [9.17, 15) is 9.59 Å². The van der Waals surface area contributed by atoms with Gasteiger partial charge in [0.15, 0.2) is 6.61 Å². The molecule has 0 bridgehead atoms. The van der Waals surface area contributed by atoms with Gasteiger partial charge in [0.1, 0.15) is 7.11 Å². The van der Waals surface area contributed by atoms with E-state index in [0.29, 0.717) is 19.5 Å². The fourth-order valence-electron chi connectivity index (χ4n) is 1.35. The largest absolute Gasteiger partial charge is 0.440 e. The van der Waals surface area contributed by atoms with Gasteiger partial charge in [-0.1, -0.05) is 11.2 Å². The molecule has 0 aromatic heterocycles. The normalized spacial score (nSPS) is 15.6. The zero-order valence-corrected chi connectivity index (χ0v) is 10.1. The second-order valence-corrected chi connectivity index (χ2v) is 3.74. The summed E-state index contributed by atoms with van der Waals surface area (Å²) in [6.07, 6.45) is 3.63. The van der Waals surface area contributed by atoms with Crippen molar-refractivity contribution in [1.82, 2.24) is 4.90 Å². The van der Waals surface area contributed by atoms with Crippen LogP contribution in [0.25, 0.3) is 0 Å². The summed E-state index contributed by atoms with van der Waals surface area (Å²) in [5, 5.41) is 2.91.